The van der Waals surface area contributed by atoms with Gasteiger partial charge in [-0.2, -0.15) is 0 Å². The number of hydrogen-bond donors (Lipinski definition) is 3. The average Bonchev–Trinajstić information content (AvgIpc) is 2.35. The van der Waals surface area contributed by atoms with Crippen LogP contribution in [0, 0.1) is 0 Å². The highest BCUT2D eigenvalue weighted by Gasteiger charge is 2.08. The van der Waals surface area contributed by atoms with Crippen molar-refractivity contribution in [3.05, 3.63) is 35.4 Å². The van der Waals surface area contributed by atoms with Crippen LogP contribution in [0.25, 0.3) is 0 Å². The first-order valence-corrected chi connectivity index (χ1v) is 8.32. The van der Waals surface area contributed by atoms with Crippen LogP contribution in [0.15, 0.2) is 24.3 Å². The van der Waals surface area contributed by atoms with E-state index in [1.807, 2.05) is 0 Å². The van der Waals surface area contributed by atoms with Crippen molar-refractivity contribution in [2.45, 2.75) is 13.0 Å². The standard InChI is InChI=1S/C13H18N2O5S/c1-21(19,20)7-6-14-13(18)15-9-11-5-3-2-4-10(11)8-12(16)17/h2-5H,6-9H2,1H3,(H,16,17)(H2,14,15,18). The molecule has 1 rings (SSSR count). The Labute approximate surface area is 123 Å². The number of carbonyl (C=O) groups excluding carboxylic acids is 1. The van der Waals surface area contributed by atoms with Gasteiger partial charge in [0.1, 0.15) is 9.84 Å². The lowest BCUT2D eigenvalue weighted by atomic mass is 10.0. The molecule has 21 heavy (non-hydrogen) atoms. The second-order valence-corrected chi connectivity index (χ2v) is 6.84. The zero-order valence-electron chi connectivity index (χ0n) is 11.6. The first-order valence-electron chi connectivity index (χ1n) is 6.26. The Morgan fingerprint density at radius 2 is 1.76 bits per heavy atom. The predicted molar refractivity (Wildman–Crippen MR) is 77.7 cm³/mol. The molecule has 3 N–H and O–H groups in total. The molecular formula is C13H18N2O5S. The maximum absolute atomic E-state index is 11.5. The minimum atomic E-state index is -3.11. The summed E-state index contributed by atoms with van der Waals surface area (Å²) in [6, 6.07) is 6.41. The molecule has 0 aromatic heterocycles. The molecule has 1 aromatic carbocycles. The Kier molecular flexibility index (Phi) is 6.16. The summed E-state index contributed by atoms with van der Waals surface area (Å²) in [7, 11) is -3.11. The maximum atomic E-state index is 11.5. The van der Waals surface area contributed by atoms with E-state index in [-0.39, 0.29) is 25.3 Å². The molecule has 0 spiro atoms. The SMILES string of the molecule is CS(=O)(=O)CCNC(=O)NCc1ccccc1CC(=O)O. The lowest BCUT2D eigenvalue weighted by Gasteiger charge is -2.10. The van der Waals surface area contributed by atoms with Crippen molar-refractivity contribution in [3.8, 4) is 0 Å². The molecule has 0 unspecified atom stereocenters. The molecule has 0 atom stereocenters. The molecule has 7 nitrogen and oxygen atoms in total. The van der Waals surface area contributed by atoms with E-state index in [0.717, 1.165) is 6.26 Å². The summed E-state index contributed by atoms with van der Waals surface area (Å²) in [4.78, 5) is 22.2. The zero-order valence-corrected chi connectivity index (χ0v) is 12.4. The van der Waals surface area contributed by atoms with E-state index < -0.39 is 21.8 Å². The number of benzene rings is 1. The van der Waals surface area contributed by atoms with Crippen LogP contribution in [-0.2, 0) is 27.6 Å². The van der Waals surface area contributed by atoms with Gasteiger partial charge in [0.15, 0.2) is 0 Å². The second kappa shape index (κ2) is 7.63. The Morgan fingerprint density at radius 1 is 1.14 bits per heavy atom. The molecule has 116 valence electrons. The summed E-state index contributed by atoms with van der Waals surface area (Å²) < 4.78 is 21.8. The quantitative estimate of drug-likeness (QED) is 0.663. The average molecular weight is 314 g/mol. The van der Waals surface area contributed by atoms with E-state index in [1.165, 1.54) is 0 Å². The van der Waals surface area contributed by atoms with Gasteiger partial charge >= 0.3 is 12.0 Å². The van der Waals surface area contributed by atoms with Gasteiger partial charge in [-0.1, -0.05) is 24.3 Å². The maximum Gasteiger partial charge on any atom is 0.315 e. The number of carboxylic acids is 1. The van der Waals surface area contributed by atoms with Crippen LogP contribution in [0.5, 0.6) is 0 Å². The van der Waals surface area contributed by atoms with Gasteiger partial charge in [-0.15, -0.1) is 0 Å². The Balaban J connectivity index is 2.48. The van der Waals surface area contributed by atoms with Gasteiger partial charge in [-0.05, 0) is 11.1 Å². The topological polar surface area (TPSA) is 113 Å². The summed E-state index contributed by atoms with van der Waals surface area (Å²) in [5, 5.41) is 13.8. The van der Waals surface area contributed by atoms with Crippen LogP contribution in [0.1, 0.15) is 11.1 Å². The van der Waals surface area contributed by atoms with Crippen LogP contribution in [-0.4, -0.2) is 44.1 Å². The number of hydrogen-bond acceptors (Lipinski definition) is 4. The third-order valence-corrected chi connectivity index (χ3v) is 3.60. The van der Waals surface area contributed by atoms with Crippen LogP contribution in [0.4, 0.5) is 4.79 Å². The van der Waals surface area contributed by atoms with Crippen molar-refractivity contribution >= 4 is 21.8 Å². The first kappa shape index (κ1) is 17.0. The highest BCUT2D eigenvalue weighted by Crippen LogP contribution is 2.09. The number of nitrogens with one attached hydrogen (secondary N) is 2. The lowest BCUT2D eigenvalue weighted by Crippen LogP contribution is -2.37. The fraction of sp³-hybridized carbons (Fsp3) is 0.385. The van der Waals surface area contributed by atoms with Crippen molar-refractivity contribution in [2.75, 3.05) is 18.6 Å². The van der Waals surface area contributed by atoms with E-state index in [9.17, 15) is 18.0 Å². The van der Waals surface area contributed by atoms with E-state index in [2.05, 4.69) is 10.6 Å². The molecule has 0 bridgehead atoms. The minimum Gasteiger partial charge on any atom is -0.481 e. The van der Waals surface area contributed by atoms with E-state index in [4.69, 9.17) is 5.11 Å². The summed E-state index contributed by atoms with van der Waals surface area (Å²) in [5.41, 5.74) is 1.33. The zero-order chi connectivity index (χ0) is 15.9. The van der Waals surface area contributed by atoms with Gasteiger partial charge in [0.25, 0.3) is 0 Å². The van der Waals surface area contributed by atoms with Gasteiger partial charge in [-0.25, -0.2) is 13.2 Å². The third-order valence-electron chi connectivity index (χ3n) is 2.66. The van der Waals surface area contributed by atoms with Crippen LogP contribution < -0.4 is 10.6 Å². The van der Waals surface area contributed by atoms with E-state index in [0.29, 0.717) is 11.1 Å². The molecule has 0 radical (unpaired) electrons. The lowest BCUT2D eigenvalue weighted by molar-refractivity contribution is -0.136. The second-order valence-electron chi connectivity index (χ2n) is 4.58. The molecule has 0 aliphatic heterocycles. The Bertz CT molecular complexity index is 613. The van der Waals surface area contributed by atoms with Gasteiger partial charge < -0.3 is 15.7 Å². The molecular weight excluding hydrogens is 296 g/mol. The number of carbonyl (C=O) groups is 2. The van der Waals surface area contributed by atoms with Crippen molar-refractivity contribution < 1.29 is 23.1 Å². The van der Waals surface area contributed by atoms with Crippen molar-refractivity contribution in [2.24, 2.45) is 0 Å². The molecule has 0 saturated carbocycles. The number of urea groups is 1. The fourth-order valence-electron chi connectivity index (χ4n) is 1.65. The van der Waals surface area contributed by atoms with Crippen LogP contribution >= 0.6 is 0 Å². The van der Waals surface area contributed by atoms with Crippen molar-refractivity contribution in [3.63, 3.8) is 0 Å². The van der Waals surface area contributed by atoms with Crippen LogP contribution in [0.3, 0.4) is 0 Å². The van der Waals surface area contributed by atoms with Gasteiger partial charge in [0.05, 0.1) is 12.2 Å². The molecule has 0 aliphatic rings. The number of sulfone groups is 1. The van der Waals surface area contributed by atoms with E-state index in [1.54, 1.807) is 24.3 Å². The minimum absolute atomic E-state index is 0.0292. The summed E-state index contributed by atoms with van der Waals surface area (Å²) in [6.07, 6.45) is 0.974. The fourth-order valence-corrected chi connectivity index (χ4v) is 2.13. The van der Waals surface area contributed by atoms with E-state index >= 15 is 0 Å². The monoisotopic (exact) mass is 314 g/mol. The van der Waals surface area contributed by atoms with Gasteiger partial charge in [0.2, 0.25) is 0 Å². The summed E-state index contributed by atoms with van der Waals surface area (Å²) in [6.45, 7) is 0.204. The highest BCUT2D eigenvalue weighted by atomic mass is 32.2. The molecule has 0 saturated heterocycles. The summed E-state index contributed by atoms with van der Waals surface area (Å²) in [5.74, 6) is -1.07. The first-order chi connectivity index (χ1) is 9.78. The Hall–Kier alpha value is -2.09. The van der Waals surface area contributed by atoms with Crippen LogP contribution in [0.2, 0.25) is 0 Å². The number of carboxylic acid groups (broad SMARTS) is 1. The predicted octanol–water partition coefficient (Wildman–Crippen LogP) is 0.158. The number of aliphatic carboxylic acids is 1. The number of rotatable bonds is 7. The molecule has 0 fully saturated rings. The van der Waals surface area contributed by atoms with Crippen molar-refractivity contribution in [1.82, 2.24) is 10.6 Å². The molecule has 2 amide bonds. The smallest absolute Gasteiger partial charge is 0.315 e. The van der Waals surface area contributed by atoms with Crippen molar-refractivity contribution in [1.29, 1.82) is 0 Å². The molecule has 0 aliphatic carbocycles. The highest BCUT2D eigenvalue weighted by molar-refractivity contribution is 7.90. The largest absolute Gasteiger partial charge is 0.481 e. The van der Waals surface area contributed by atoms with Gasteiger partial charge in [0, 0.05) is 19.3 Å². The molecule has 1 aromatic rings. The summed E-state index contributed by atoms with van der Waals surface area (Å²) >= 11 is 0. The molecule has 0 heterocycles. The number of amides is 2. The molecule has 8 heteroatoms. The van der Waals surface area contributed by atoms with Gasteiger partial charge in [-0.3, -0.25) is 4.79 Å². The Morgan fingerprint density at radius 3 is 2.33 bits per heavy atom. The normalized spacial score (nSPS) is 10.9. The third kappa shape index (κ3) is 7.31.